The third kappa shape index (κ3) is 2.50. The second kappa shape index (κ2) is 5.75. The number of aliphatic hydroxyl groups is 3. The molecular weight excluding hydrogens is 256 g/mol. The molecule has 0 aromatic rings. The molecule has 1 saturated heterocycles. The fraction of sp³-hybridized carbons (Fsp3) is 0.909. The summed E-state index contributed by atoms with van der Waals surface area (Å²) in [7, 11) is 0. The maximum Gasteiger partial charge on any atom is 0.159 e. The molecule has 1 fully saturated rings. The van der Waals surface area contributed by atoms with Crippen LogP contribution in [0.25, 0.3) is 0 Å². The van der Waals surface area contributed by atoms with Gasteiger partial charge in [-0.25, -0.2) is 0 Å². The molecule has 0 radical (unpaired) electrons. The first-order valence-corrected chi connectivity index (χ1v) is 7.14. The van der Waals surface area contributed by atoms with Gasteiger partial charge in [-0.2, -0.15) is 0 Å². The van der Waals surface area contributed by atoms with Gasteiger partial charge in [0, 0.05) is 6.54 Å². The number of hydrogen-bond acceptors (Lipinski definition) is 7. The van der Waals surface area contributed by atoms with E-state index >= 15 is 0 Å². The molecule has 0 bridgehead atoms. The number of nitrogens with one attached hydrogen (secondary N) is 1. The molecule has 104 valence electrons. The van der Waals surface area contributed by atoms with Crippen molar-refractivity contribution in [2.75, 3.05) is 6.54 Å². The quantitative estimate of drug-likeness (QED) is 0.544. The molecule has 0 amide bonds. The summed E-state index contributed by atoms with van der Waals surface area (Å²) in [6.45, 7) is 4.51. The Morgan fingerprint density at radius 1 is 1.39 bits per heavy atom. The molecule has 0 aromatic carbocycles. The highest BCUT2D eigenvalue weighted by Gasteiger charge is 2.49. The number of nitrogens with zero attached hydrogens (tertiary/aromatic N) is 1. The van der Waals surface area contributed by atoms with Crippen LogP contribution in [0.3, 0.4) is 0 Å². The second-order valence-electron chi connectivity index (χ2n) is 4.50. The normalized spacial score (nSPS) is 41.2. The van der Waals surface area contributed by atoms with Crippen LogP contribution in [0, 0.1) is 0 Å². The molecule has 2 rings (SSSR count). The third-order valence-corrected chi connectivity index (χ3v) is 4.32. The van der Waals surface area contributed by atoms with Crippen molar-refractivity contribution in [2.24, 2.45) is 4.99 Å². The van der Waals surface area contributed by atoms with E-state index in [0.29, 0.717) is 11.6 Å². The summed E-state index contributed by atoms with van der Waals surface area (Å²) in [5.41, 5.74) is -0.344. The van der Waals surface area contributed by atoms with Crippen LogP contribution in [-0.4, -0.2) is 62.9 Å². The van der Waals surface area contributed by atoms with Crippen molar-refractivity contribution >= 4 is 16.9 Å². The van der Waals surface area contributed by atoms with E-state index in [4.69, 9.17) is 4.74 Å². The van der Waals surface area contributed by atoms with Crippen molar-refractivity contribution in [3.8, 4) is 0 Å². The zero-order valence-electron chi connectivity index (χ0n) is 10.5. The molecule has 2 aliphatic rings. The Morgan fingerprint density at radius 3 is 2.72 bits per heavy atom. The molecule has 2 heterocycles. The van der Waals surface area contributed by atoms with E-state index in [0.717, 1.165) is 6.54 Å². The van der Waals surface area contributed by atoms with Crippen LogP contribution in [0.1, 0.15) is 20.3 Å². The monoisotopic (exact) mass is 276 g/mol. The van der Waals surface area contributed by atoms with Gasteiger partial charge in [-0.1, -0.05) is 18.7 Å². The molecule has 7 heteroatoms. The van der Waals surface area contributed by atoms with Crippen LogP contribution in [0.4, 0.5) is 0 Å². The first-order valence-electron chi connectivity index (χ1n) is 6.26. The third-order valence-electron chi connectivity index (χ3n) is 3.23. The Morgan fingerprint density at radius 2 is 2.11 bits per heavy atom. The van der Waals surface area contributed by atoms with Gasteiger partial charge >= 0.3 is 0 Å². The number of amidine groups is 1. The Kier molecular flexibility index (Phi) is 4.50. The van der Waals surface area contributed by atoms with E-state index < -0.39 is 30.5 Å². The lowest BCUT2D eigenvalue weighted by Crippen LogP contribution is -2.58. The number of aliphatic hydroxyl groups excluding tert-OH is 3. The zero-order chi connectivity index (χ0) is 13.3. The maximum atomic E-state index is 10.1. The average Bonchev–Trinajstić information content (AvgIpc) is 2.76. The van der Waals surface area contributed by atoms with Crippen molar-refractivity contribution in [3.63, 3.8) is 0 Å². The van der Waals surface area contributed by atoms with E-state index in [1.54, 1.807) is 0 Å². The van der Waals surface area contributed by atoms with Crippen LogP contribution in [0.15, 0.2) is 4.99 Å². The van der Waals surface area contributed by atoms with Gasteiger partial charge in [0.05, 0.1) is 6.10 Å². The molecule has 4 N–H and O–H groups in total. The van der Waals surface area contributed by atoms with Gasteiger partial charge in [-0.3, -0.25) is 4.99 Å². The standard InChI is InChI=1S/C11H20N2O4S/c1-3-5(14)9-8(16)7(15)6-10(17-9)18-11(13-6)12-4-2/h5-10,14-16H,3-4H2,1-2H3,(H,12,13)/t5-,6+,7+,8-,9?,10+/m0/s1. The van der Waals surface area contributed by atoms with Gasteiger partial charge in [0.2, 0.25) is 0 Å². The van der Waals surface area contributed by atoms with Gasteiger partial charge in [0.15, 0.2) is 5.17 Å². The van der Waals surface area contributed by atoms with Crippen LogP contribution < -0.4 is 5.32 Å². The first kappa shape index (κ1) is 14.1. The fourth-order valence-corrected chi connectivity index (χ4v) is 3.35. The summed E-state index contributed by atoms with van der Waals surface area (Å²) in [5, 5.41) is 33.6. The van der Waals surface area contributed by atoms with Crippen molar-refractivity contribution in [1.82, 2.24) is 5.32 Å². The number of rotatable bonds is 3. The first-order chi connectivity index (χ1) is 8.58. The van der Waals surface area contributed by atoms with E-state index in [-0.39, 0.29) is 5.44 Å². The van der Waals surface area contributed by atoms with Gasteiger partial charge in [-0.15, -0.1) is 0 Å². The van der Waals surface area contributed by atoms with Gasteiger partial charge < -0.3 is 25.4 Å². The van der Waals surface area contributed by atoms with Gasteiger partial charge in [0.25, 0.3) is 0 Å². The number of fused-ring (bicyclic) bond motifs is 1. The lowest BCUT2D eigenvalue weighted by molar-refractivity contribution is -0.185. The van der Waals surface area contributed by atoms with Crippen LogP contribution in [0.2, 0.25) is 0 Å². The Bertz CT molecular complexity index is 328. The lowest BCUT2D eigenvalue weighted by Gasteiger charge is -2.40. The second-order valence-corrected chi connectivity index (χ2v) is 5.59. The van der Waals surface area contributed by atoms with E-state index in [1.165, 1.54) is 11.8 Å². The molecular formula is C11H20N2O4S. The minimum absolute atomic E-state index is 0.344. The van der Waals surface area contributed by atoms with Crippen LogP contribution >= 0.6 is 11.8 Å². The summed E-state index contributed by atoms with van der Waals surface area (Å²) >= 11 is 1.39. The average molecular weight is 276 g/mol. The Balaban J connectivity index is 2.09. The molecule has 18 heavy (non-hydrogen) atoms. The van der Waals surface area contributed by atoms with Crippen LogP contribution in [0.5, 0.6) is 0 Å². The van der Waals surface area contributed by atoms with E-state index in [1.807, 2.05) is 13.8 Å². The summed E-state index contributed by atoms with van der Waals surface area (Å²) in [6.07, 6.45) is -3.17. The predicted octanol–water partition coefficient (Wildman–Crippen LogP) is -0.715. The lowest BCUT2D eigenvalue weighted by atomic mass is 9.94. The van der Waals surface area contributed by atoms with Crippen molar-refractivity contribution in [1.29, 1.82) is 0 Å². The summed E-state index contributed by atoms with van der Waals surface area (Å²) in [6, 6.07) is -0.473. The summed E-state index contributed by atoms with van der Waals surface area (Å²) in [4.78, 5) is 4.30. The molecule has 2 aliphatic heterocycles. The van der Waals surface area contributed by atoms with Gasteiger partial charge in [-0.05, 0) is 13.3 Å². The largest absolute Gasteiger partial charge is 0.390 e. The van der Waals surface area contributed by atoms with Crippen molar-refractivity contribution in [2.45, 2.75) is 56.2 Å². The fourth-order valence-electron chi connectivity index (χ4n) is 2.17. The maximum absolute atomic E-state index is 10.1. The summed E-state index contributed by atoms with van der Waals surface area (Å²) in [5.74, 6) is 0. The minimum Gasteiger partial charge on any atom is -0.390 e. The number of ether oxygens (including phenoxy) is 1. The van der Waals surface area contributed by atoms with Crippen LogP contribution in [-0.2, 0) is 4.74 Å². The zero-order valence-corrected chi connectivity index (χ0v) is 11.3. The molecule has 1 unspecified atom stereocenters. The highest BCUT2D eigenvalue weighted by Crippen LogP contribution is 2.36. The van der Waals surface area contributed by atoms with E-state index in [9.17, 15) is 15.3 Å². The van der Waals surface area contributed by atoms with Crippen molar-refractivity contribution in [3.05, 3.63) is 0 Å². The molecule has 0 spiro atoms. The molecule has 0 aliphatic carbocycles. The minimum atomic E-state index is -1.11. The molecule has 6 nitrogen and oxygen atoms in total. The SMILES string of the molecule is CCNC1=N[C@@H]2[C@@H](O)[C@H](O)C([C@@H](O)CC)O[C@@H]2S1. The predicted molar refractivity (Wildman–Crippen MR) is 69.5 cm³/mol. The Hall–Kier alpha value is -0.340. The molecule has 6 atom stereocenters. The highest BCUT2D eigenvalue weighted by molar-refractivity contribution is 8.14. The number of thioether (sulfide) groups is 1. The highest BCUT2D eigenvalue weighted by atomic mass is 32.2. The number of aliphatic imine (C=N–C) groups is 1. The molecule has 0 saturated carbocycles. The smallest absolute Gasteiger partial charge is 0.159 e. The molecule has 0 aromatic heterocycles. The topological polar surface area (TPSA) is 94.3 Å². The van der Waals surface area contributed by atoms with Gasteiger partial charge in [0.1, 0.15) is 29.8 Å². The van der Waals surface area contributed by atoms with E-state index in [2.05, 4.69) is 10.3 Å². The summed E-state index contributed by atoms with van der Waals surface area (Å²) < 4.78 is 5.67. The number of hydrogen-bond donors (Lipinski definition) is 4. The van der Waals surface area contributed by atoms with Crippen molar-refractivity contribution < 1.29 is 20.1 Å². The Labute approximate surface area is 110 Å².